The molecule has 0 aromatic heterocycles. The molecule has 2 N–H and O–H groups in total. The number of carbonyl (C=O) groups is 1. The van der Waals surface area contributed by atoms with E-state index >= 15 is 0 Å². The Morgan fingerprint density at radius 2 is 2.06 bits per heavy atom. The predicted octanol–water partition coefficient (Wildman–Crippen LogP) is 2.25. The number of aryl methyl sites for hydroxylation is 2. The Morgan fingerprint density at radius 3 is 2.67 bits per heavy atom. The molecule has 100 valence electrons. The highest BCUT2D eigenvalue weighted by molar-refractivity contribution is 5.76. The molecule has 0 aliphatic heterocycles. The monoisotopic (exact) mass is 248 g/mol. The summed E-state index contributed by atoms with van der Waals surface area (Å²) >= 11 is 0. The van der Waals surface area contributed by atoms with Crippen LogP contribution < -0.4 is 5.73 Å². The van der Waals surface area contributed by atoms with Gasteiger partial charge in [-0.1, -0.05) is 30.7 Å². The Morgan fingerprint density at radius 1 is 1.39 bits per heavy atom. The third-order valence-corrected chi connectivity index (χ3v) is 3.26. The van der Waals surface area contributed by atoms with Gasteiger partial charge >= 0.3 is 0 Å². The molecule has 0 bridgehead atoms. The molecule has 0 saturated carbocycles. The zero-order valence-corrected chi connectivity index (χ0v) is 11.9. The maximum Gasteiger partial charge on any atom is 0.222 e. The Balaban J connectivity index is 2.66. The summed E-state index contributed by atoms with van der Waals surface area (Å²) in [5.41, 5.74) is 9.22. The van der Waals surface area contributed by atoms with Gasteiger partial charge in [0.25, 0.3) is 0 Å². The van der Waals surface area contributed by atoms with Crippen molar-refractivity contribution < 1.29 is 4.79 Å². The highest BCUT2D eigenvalue weighted by Gasteiger charge is 2.13. The molecule has 0 heterocycles. The number of benzene rings is 1. The van der Waals surface area contributed by atoms with Gasteiger partial charge in [-0.15, -0.1) is 0 Å². The van der Waals surface area contributed by atoms with Gasteiger partial charge in [-0.25, -0.2) is 0 Å². The van der Waals surface area contributed by atoms with Crippen LogP contribution in [0.4, 0.5) is 0 Å². The first-order valence-corrected chi connectivity index (χ1v) is 6.44. The van der Waals surface area contributed by atoms with E-state index in [2.05, 4.69) is 32.0 Å². The second kappa shape index (κ2) is 6.55. The van der Waals surface area contributed by atoms with Crippen LogP contribution in [-0.2, 0) is 11.3 Å². The van der Waals surface area contributed by atoms with Crippen LogP contribution in [-0.4, -0.2) is 24.4 Å². The summed E-state index contributed by atoms with van der Waals surface area (Å²) in [7, 11) is 1.85. The minimum atomic E-state index is 0.161. The predicted molar refractivity (Wildman–Crippen MR) is 75.2 cm³/mol. The molecule has 1 amide bonds. The van der Waals surface area contributed by atoms with Crippen LogP contribution in [0.3, 0.4) is 0 Å². The van der Waals surface area contributed by atoms with Crippen LogP contribution in [0.15, 0.2) is 18.2 Å². The Kier molecular flexibility index (Phi) is 5.35. The largest absolute Gasteiger partial charge is 0.341 e. The van der Waals surface area contributed by atoms with Gasteiger partial charge < -0.3 is 10.6 Å². The van der Waals surface area contributed by atoms with Gasteiger partial charge in [0.2, 0.25) is 5.91 Å². The lowest BCUT2D eigenvalue weighted by Gasteiger charge is -2.20. The molecule has 3 heteroatoms. The molecule has 0 spiro atoms. The van der Waals surface area contributed by atoms with Crippen molar-refractivity contribution in [3.8, 4) is 0 Å². The minimum Gasteiger partial charge on any atom is -0.341 e. The van der Waals surface area contributed by atoms with E-state index in [0.717, 1.165) is 0 Å². The normalized spacial score (nSPS) is 12.3. The lowest BCUT2D eigenvalue weighted by atomic mass is 10.0. The summed E-state index contributed by atoms with van der Waals surface area (Å²) < 4.78 is 0. The Labute approximate surface area is 110 Å². The molecule has 3 nitrogen and oxygen atoms in total. The van der Waals surface area contributed by atoms with Crippen molar-refractivity contribution in [2.24, 2.45) is 11.7 Å². The van der Waals surface area contributed by atoms with Crippen LogP contribution in [0, 0.1) is 19.8 Å². The van der Waals surface area contributed by atoms with Crippen molar-refractivity contribution in [2.75, 3.05) is 13.6 Å². The maximum atomic E-state index is 12.0. The molecule has 1 atom stereocenters. The zero-order chi connectivity index (χ0) is 13.7. The smallest absolute Gasteiger partial charge is 0.222 e. The number of amides is 1. The minimum absolute atomic E-state index is 0.161. The van der Waals surface area contributed by atoms with E-state index in [4.69, 9.17) is 5.73 Å². The van der Waals surface area contributed by atoms with E-state index < -0.39 is 0 Å². The maximum absolute atomic E-state index is 12.0. The fourth-order valence-electron chi connectivity index (χ4n) is 1.85. The van der Waals surface area contributed by atoms with Gasteiger partial charge in [0, 0.05) is 20.0 Å². The van der Waals surface area contributed by atoms with E-state index in [-0.39, 0.29) is 11.8 Å². The van der Waals surface area contributed by atoms with Crippen LogP contribution in [0.25, 0.3) is 0 Å². The molecule has 0 radical (unpaired) electrons. The van der Waals surface area contributed by atoms with Gasteiger partial charge in [-0.3, -0.25) is 4.79 Å². The van der Waals surface area contributed by atoms with Crippen molar-refractivity contribution in [1.29, 1.82) is 0 Å². The summed E-state index contributed by atoms with van der Waals surface area (Å²) in [5, 5.41) is 0. The molecule has 1 unspecified atom stereocenters. The number of hydrogen-bond donors (Lipinski definition) is 1. The molecule has 0 aliphatic rings. The van der Waals surface area contributed by atoms with Crippen LogP contribution in [0.1, 0.15) is 30.0 Å². The Hall–Kier alpha value is -1.35. The van der Waals surface area contributed by atoms with Crippen molar-refractivity contribution in [3.05, 3.63) is 34.9 Å². The first-order chi connectivity index (χ1) is 8.43. The average Bonchev–Trinajstić information content (AvgIpc) is 2.33. The van der Waals surface area contributed by atoms with Crippen molar-refractivity contribution in [2.45, 2.75) is 33.7 Å². The number of carbonyl (C=O) groups excluding carboxylic acids is 1. The third kappa shape index (κ3) is 4.15. The summed E-state index contributed by atoms with van der Waals surface area (Å²) in [5.74, 6) is 0.410. The molecule has 1 aromatic carbocycles. The standard InChI is InChI=1S/C15H24N2O/c1-11-5-6-13(3)14(7-11)10-17(4)15(18)8-12(2)9-16/h5-7,12H,8-10,16H2,1-4H3. The fraction of sp³-hybridized carbons (Fsp3) is 0.533. The first-order valence-electron chi connectivity index (χ1n) is 6.44. The molecular formula is C15H24N2O. The third-order valence-electron chi connectivity index (χ3n) is 3.26. The van der Waals surface area contributed by atoms with Crippen molar-refractivity contribution in [1.82, 2.24) is 4.90 Å². The van der Waals surface area contributed by atoms with Gasteiger partial charge in [-0.05, 0) is 37.4 Å². The topological polar surface area (TPSA) is 46.3 Å². The average molecular weight is 248 g/mol. The number of rotatable bonds is 5. The van der Waals surface area contributed by atoms with Gasteiger partial charge in [-0.2, -0.15) is 0 Å². The van der Waals surface area contributed by atoms with E-state index in [1.54, 1.807) is 4.90 Å². The van der Waals surface area contributed by atoms with E-state index in [0.29, 0.717) is 19.5 Å². The molecule has 0 aliphatic carbocycles. The molecule has 1 aromatic rings. The van der Waals surface area contributed by atoms with Crippen LogP contribution in [0.2, 0.25) is 0 Å². The summed E-state index contributed by atoms with van der Waals surface area (Å²) in [6.07, 6.45) is 0.526. The van der Waals surface area contributed by atoms with Gasteiger partial charge in [0.05, 0.1) is 0 Å². The number of hydrogen-bond acceptors (Lipinski definition) is 2. The van der Waals surface area contributed by atoms with E-state index in [1.807, 2.05) is 14.0 Å². The number of nitrogens with two attached hydrogens (primary N) is 1. The second-order valence-corrected chi connectivity index (χ2v) is 5.22. The highest BCUT2D eigenvalue weighted by atomic mass is 16.2. The van der Waals surface area contributed by atoms with Crippen LogP contribution in [0.5, 0.6) is 0 Å². The van der Waals surface area contributed by atoms with Gasteiger partial charge in [0.1, 0.15) is 0 Å². The van der Waals surface area contributed by atoms with Crippen molar-refractivity contribution >= 4 is 5.91 Å². The summed E-state index contributed by atoms with van der Waals surface area (Å²) in [6.45, 7) is 7.38. The second-order valence-electron chi connectivity index (χ2n) is 5.22. The highest BCUT2D eigenvalue weighted by Crippen LogP contribution is 2.14. The van der Waals surface area contributed by atoms with Crippen molar-refractivity contribution in [3.63, 3.8) is 0 Å². The SMILES string of the molecule is Cc1ccc(C)c(CN(C)C(=O)CC(C)CN)c1. The van der Waals surface area contributed by atoms with Crippen LogP contribution >= 0.6 is 0 Å². The lowest BCUT2D eigenvalue weighted by Crippen LogP contribution is -2.29. The molecule has 18 heavy (non-hydrogen) atoms. The summed E-state index contributed by atoms with van der Waals surface area (Å²) in [6, 6.07) is 6.34. The fourth-order valence-corrected chi connectivity index (χ4v) is 1.85. The van der Waals surface area contributed by atoms with E-state index in [1.165, 1.54) is 16.7 Å². The van der Waals surface area contributed by atoms with Gasteiger partial charge in [0.15, 0.2) is 0 Å². The molecule has 0 fully saturated rings. The van der Waals surface area contributed by atoms with E-state index in [9.17, 15) is 4.79 Å². The lowest BCUT2D eigenvalue weighted by molar-refractivity contribution is -0.131. The zero-order valence-electron chi connectivity index (χ0n) is 11.9. The molecular weight excluding hydrogens is 224 g/mol. The quantitative estimate of drug-likeness (QED) is 0.868. The molecule has 0 saturated heterocycles. The molecule has 1 rings (SSSR count). The summed E-state index contributed by atoms with van der Waals surface area (Å²) in [4.78, 5) is 13.8. The number of nitrogens with zero attached hydrogens (tertiary/aromatic N) is 1. The Bertz CT molecular complexity index is 415. The first kappa shape index (κ1) is 14.7.